The maximum Gasteiger partial charge on any atom is 0.0597 e. The van der Waals surface area contributed by atoms with Gasteiger partial charge in [0, 0.05) is 25.2 Å². The quantitative estimate of drug-likeness (QED) is 0.869. The second-order valence-electron chi connectivity index (χ2n) is 5.53. The van der Waals surface area contributed by atoms with Gasteiger partial charge in [0.2, 0.25) is 0 Å². The topological polar surface area (TPSA) is 15.3 Å². The highest BCUT2D eigenvalue weighted by atomic mass is 35.5. The molecule has 1 aliphatic rings. The fraction of sp³-hybridized carbons (Fsp3) is 0.600. The van der Waals surface area contributed by atoms with Crippen LogP contribution in [0.5, 0.6) is 0 Å². The molecular formula is C15H23ClN2. The first-order chi connectivity index (χ1) is 8.58. The van der Waals surface area contributed by atoms with Crippen LogP contribution in [0.25, 0.3) is 0 Å². The molecule has 18 heavy (non-hydrogen) atoms. The number of nitrogens with zero attached hydrogens (tertiary/aromatic N) is 1. The van der Waals surface area contributed by atoms with Gasteiger partial charge < -0.3 is 10.2 Å². The molecule has 1 saturated carbocycles. The highest BCUT2D eigenvalue weighted by Gasteiger charge is 2.22. The van der Waals surface area contributed by atoms with Gasteiger partial charge in [-0.15, -0.1) is 0 Å². The Labute approximate surface area is 115 Å². The van der Waals surface area contributed by atoms with Crippen LogP contribution < -0.4 is 10.2 Å². The highest BCUT2D eigenvalue weighted by Crippen LogP contribution is 2.33. The van der Waals surface area contributed by atoms with E-state index in [1.807, 2.05) is 12.1 Å². The summed E-state index contributed by atoms with van der Waals surface area (Å²) in [6.07, 6.45) is 5.47. The predicted molar refractivity (Wildman–Crippen MR) is 80.8 cm³/mol. The first-order valence-electron chi connectivity index (χ1n) is 6.81. The summed E-state index contributed by atoms with van der Waals surface area (Å²) in [6.45, 7) is 2.29. The molecule has 0 bridgehead atoms. The van der Waals surface area contributed by atoms with Crippen LogP contribution in [0.1, 0.15) is 32.6 Å². The minimum Gasteiger partial charge on any atom is -0.381 e. The Morgan fingerprint density at radius 3 is 2.56 bits per heavy atom. The molecule has 3 heteroatoms. The Kier molecular flexibility index (Phi) is 4.39. The Hall–Kier alpha value is -0.890. The molecule has 0 spiro atoms. The zero-order chi connectivity index (χ0) is 13.1. The van der Waals surface area contributed by atoms with Crippen molar-refractivity contribution in [2.24, 2.45) is 5.92 Å². The molecule has 1 aliphatic carbocycles. The summed E-state index contributed by atoms with van der Waals surface area (Å²) < 4.78 is 0. The van der Waals surface area contributed by atoms with E-state index in [0.717, 1.165) is 16.6 Å². The van der Waals surface area contributed by atoms with Crippen molar-refractivity contribution in [1.29, 1.82) is 0 Å². The molecule has 0 aromatic heterocycles. The van der Waals surface area contributed by atoms with Gasteiger partial charge in [-0.1, -0.05) is 24.4 Å². The molecule has 1 unspecified atom stereocenters. The van der Waals surface area contributed by atoms with Gasteiger partial charge in [0.1, 0.15) is 0 Å². The molecule has 1 aromatic carbocycles. The van der Waals surface area contributed by atoms with Crippen LogP contribution >= 0.6 is 11.6 Å². The Morgan fingerprint density at radius 2 is 1.94 bits per heavy atom. The number of anilines is 2. The molecular weight excluding hydrogens is 244 g/mol. The van der Waals surface area contributed by atoms with Crippen molar-refractivity contribution in [2.45, 2.75) is 38.6 Å². The molecule has 1 N–H and O–H groups in total. The molecule has 0 heterocycles. The maximum absolute atomic E-state index is 6.11. The first kappa shape index (κ1) is 13.5. The van der Waals surface area contributed by atoms with Crippen LogP contribution in [-0.4, -0.2) is 20.1 Å². The third-order valence-corrected chi connectivity index (χ3v) is 4.17. The lowest BCUT2D eigenvalue weighted by atomic mass is 9.99. The van der Waals surface area contributed by atoms with E-state index in [-0.39, 0.29) is 0 Å². The van der Waals surface area contributed by atoms with Crippen LogP contribution in [0.2, 0.25) is 5.02 Å². The molecule has 100 valence electrons. The van der Waals surface area contributed by atoms with E-state index in [0.29, 0.717) is 6.04 Å². The molecule has 1 atom stereocenters. The summed E-state index contributed by atoms with van der Waals surface area (Å²) in [6, 6.07) is 6.57. The van der Waals surface area contributed by atoms with Crippen LogP contribution in [0, 0.1) is 5.92 Å². The predicted octanol–water partition coefficient (Wildman–Crippen LogP) is 4.40. The molecule has 0 saturated heterocycles. The van der Waals surface area contributed by atoms with E-state index >= 15 is 0 Å². The lowest BCUT2D eigenvalue weighted by Gasteiger charge is -2.25. The van der Waals surface area contributed by atoms with Gasteiger partial charge >= 0.3 is 0 Å². The third-order valence-electron chi connectivity index (χ3n) is 3.93. The molecule has 1 aromatic rings. The maximum atomic E-state index is 6.11. The van der Waals surface area contributed by atoms with Crippen molar-refractivity contribution < 1.29 is 0 Å². The Bertz CT molecular complexity index is 397. The van der Waals surface area contributed by atoms with E-state index in [1.165, 1.54) is 31.4 Å². The molecule has 2 nitrogen and oxygen atoms in total. The summed E-state index contributed by atoms with van der Waals surface area (Å²) in [5.41, 5.74) is 2.34. The van der Waals surface area contributed by atoms with Crippen molar-refractivity contribution >= 4 is 23.0 Å². The number of benzene rings is 1. The van der Waals surface area contributed by atoms with Crippen molar-refractivity contribution in [1.82, 2.24) is 0 Å². The first-order valence-corrected chi connectivity index (χ1v) is 7.19. The summed E-state index contributed by atoms with van der Waals surface area (Å²) in [4.78, 5) is 2.13. The molecule has 1 fully saturated rings. The zero-order valence-corrected chi connectivity index (χ0v) is 12.3. The lowest BCUT2D eigenvalue weighted by molar-refractivity contribution is 0.482. The van der Waals surface area contributed by atoms with E-state index in [1.54, 1.807) is 0 Å². The second kappa shape index (κ2) is 5.83. The smallest absolute Gasteiger partial charge is 0.0597 e. The van der Waals surface area contributed by atoms with Gasteiger partial charge in [0.15, 0.2) is 0 Å². The third kappa shape index (κ3) is 3.11. The minimum atomic E-state index is 0.518. The second-order valence-corrected chi connectivity index (χ2v) is 5.97. The number of halogens is 1. The lowest BCUT2D eigenvalue weighted by Crippen LogP contribution is -2.25. The highest BCUT2D eigenvalue weighted by molar-refractivity contribution is 6.31. The van der Waals surface area contributed by atoms with E-state index in [2.05, 4.69) is 37.3 Å². The number of hydrogen-bond donors (Lipinski definition) is 1. The van der Waals surface area contributed by atoms with Crippen molar-refractivity contribution in [3.05, 3.63) is 23.2 Å². The number of nitrogens with one attached hydrogen (secondary N) is 1. The Balaban J connectivity index is 2.13. The van der Waals surface area contributed by atoms with Crippen molar-refractivity contribution in [3.63, 3.8) is 0 Å². The monoisotopic (exact) mass is 266 g/mol. The zero-order valence-electron chi connectivity index (χ0n) is 11.5. The van der Waals surface area contributed by atoms with Gasteiger partial charge in [-0.25, -0.2) is 0 Å². The fourth-order valence-corrected chi connectivity index (χ4v) is 3.01. The summed E-state index contributed by atoms with van der Waals surface area (Å²) >= 11 is 6.11. The summed E-state index contributed by atoms with van der Waals surface area (Å²) in [5.74, 6) is 0.805. The molecule has 0 radical (unpaired) electrons. The van der Waals surface area contributed by atoms with Gasteiger partial charge in [-0.05, 0) is 43.9 Å². The van der Waals surface area contributed by atoms with Crippen LogP contribution in [0.15, 0.2) is 18.2 Å². The molecule has 0 amide bonds. The van der Waals surface area contributed by atoms with Crippen LogP contribution in [0.4, 0.5) is 11.4 Å². The largest absolute Gasteiger partial charge is 0.381 e. The molecule has 0 aliphatic heterocycles. The van der Waals surface area contributed by atoms with Gasteiger partial charge in [-0.2, -0.15) is 0 Å². The Morgan fingerprint density at radius 1 is 1.28 bits per heavy atom. The minimum absolute atomic E-state index is 0.518. The van der Waals surface area contributed by atoms with Crippen LogP contribution in [-0.2, 0) is 0 Å². The van der Waals surface area contributed by atoms with Crippen molar-refractivity contribution in [3.8, 4) is 0 Å². The van der Waals surface area contributed by atoms with Gasteiger partial charge in [0.25, 0.3) is 0 Å². The summed E-state index contributed by atoms with van der Waals surface area (Å²) in [5, 5.41) is 4.44. The average molecular weight is 267 g/mol. The van der Waals surface area contributed by atoms with Crippen LogP contribution in [0.3, 0.4) is 0 Å². The fourth-order valence-electron chi connectivity index (χ4n) is 2.83. The van der Waals surface area contributed by atoms with E-state index in [9.17, 15) is 0 Å². The van der Waals surface area contributed by atoms with Gasteiger partial charge in [-0.3, -0.25) is 0 Å². The van der Waals surface area contributed by atoms with Crippen molar-refractivity contribution in [2.75, 3.05) is 24.3 Å². The SMILES string of the molecule is CC(Nc1cc(Cl)ccc1N(C)C)C1CCCC1. The number of rotatable bonds is 4. The van der Waals surface area contributed by atoms with E-state index in [4.69, 9.17) is 11.6 Å². The van der Waals surface area contributed by atoms with E-state index < -0.39 is 0 Å². The average Bonchev–Trinajstić information content (AvgIpc) is 2.81. The number of hydrogen-bond acceptors (Lipinski definition) is 2. The van der Waals surface area contributed by atoms with Gasteiger partial charge in [0.05, 0.1) is 11.4 Å². The summed E-state index contributed by atoms with van der Waals surface area (Å²) in [7, 11) is 4.13. The standard InChI is InChI=1S/C15H23ClN2/c1-11(12-6-4-5-7-12)17-14-10-13(16)8-9-15(14)18(2)3/h8-12,17H,4-7H2,1-3H3. The molecule has 2 rings (SSSR count). The normalized spacial score (nSPS) is 17.8.